The summed E-state index contributed by atoms with van der Waals surface area (Å²) in [6.45, 7) is 5.28. The molecule has 0 aliphatic carbocycles. The minimum atomic E-state index is 0.638. The number of hydrogen-bond acceptors (Lipinski definition) is 2. The van der Waals surface area contributed by atoms with Gasteiger partial charge in [0.25, 0.3) is 0 Å². The molecule has 0 spiro atoms. The Bertz CT molecular complexity index is 314. The number of rotatable bonds is 5. The van der Waals surface area contributed by atoms with Crippen LogP contribution in [0.5, 0.6) is 0 Å². The molecule has 0 bridgehead atoms. The molecular formula is C12H18ClNS. The van der Waals surface area contributed by atoms with Gasteiger partial charge in [0, 0.05) is 21.7 Å². The summed E-state index contributed by atoms with van der Waals surface area (Å²) in [5.74, 6) is 0. The van der Waals surface area contributed by atoms with Crippen molar-refractivity contribution in [1.29, 1.82) is 0 Å². The molecule has 0 heterocycles. The van der Waals surface area contributed by atoms with E-state index in [9.17, 15) is 0 Å². The van der Waals surface area contributed by atoms with Crippen LogP contribution in [0.1, 0.15) is 25.8 Å². The first-order valence-electron chi connectivity index (χ1n) is 5.27. The van der Waals surface area contributed by atoms with Gasteiger partial charge in [0.2, 0.25) is 0 Å². The second-order valence-electron chi connectivity index (χ2n) is 3.58. The highest BCUT2D eigenvalue weighted by Crippen LogP contribution is 2.32. The van der Waals surface area contributed by atoms with Gasteiger partial charge in [-0.1, -0.05) is 31.5 Å². The standard InChI is InChI=1S/C12H18ClNS/c1-4-9(2)15-12-7-5-6-11(13)10(12)8-14-3/h5-7,9,14H,4,8H2,1-3H3. The number of thioether (sulfide) groups is 1. The maximum Gasteiger partial charge on any atom is 0.0462 e. The van der Waals surface area contributed by atoms with Crippen LogP contribution in [-0.4, -0.2) is 12.3 Å². The van der Waals surface area contributed by atoms with Crippen LogP contribution in [0.2, 0.25) is 5.02 Å². The van der Waals surface area contributed by atoms with E-state index < -0.39 is 0 Å². The molecular weight excluding hydrogens is 226 g/mol. The van der Waals surface area contributed by atoms with Gasteiger partial charge in [0.05, 0.1) is 0 Å². The summed E-state index contributed by atoms with van der Waals surface area (Å²) in [4.78, 5) is 1.30. The Kier molecular flexibility index (Phi) is 5.51. The molecule has 84 valence electrons. The lowest BCUT2D eigenvalue weighted by atomic mass is 10.2. The fourth-order valence-corrected chi connectivity index (χ4v) is 2.68. The zero-order valence-corrected chi connectivity index (χ0v) is 11.1. The lowest BCUT2D eigenvalue weighted by Crippen LogP contribution is -2.07. The van der Waals surface area contributed by atoms with E-state index in [0.29, 0.717) is 5.25 Å². The van der Waals surface area contributed by atoms with E-state index in [1.54, 1.807) is 0 Å². The number of nitrogens with one attached hydrogen (secondary N) is 1. The molecule has 1 unspecified atom stereocenters. The zero-order chi connectivity index (χ0) is 11.3. The SMILES string of the molecule is CCC(C)Sc1cccc(Cl)c1CNC. The van der Waals surface area contributed by atoms with Crippen molar-refractivity contribution in [3.8, 4) is 0 Å². The van der Waals surface area contributed by atoms with Crippen LogP contribution >= 0.6 is 23.4 Å². The molecule has 0 saturated carbocycles. The van der Waals surface area contributed by atoms with E-state index in [2.05, 4.69) is 25.2 Å². The summed E-state index contributed by atoms with van der Waals surface area (Å²) in [5.41, 5.74) is 1.21. The molecule has 0 aliphatic rings. The predicted octanol–water partition coefficient (Wildman–Crippen LogP) is 3.95. The molecule has 3 heteroatoms. The molecule has 1 N–H and O–H groups in total. The normalized spacial score (nSPS) is 12.8. The minimum Gasteiger partial charge on any atom is -0.316 e. The van der Waals surface area contributed by atoms with Crippen molar-refractivity contribution in [2.45, 2.75) is 37.0 Å². The fourth-order valence-electron chi connectivity index (χ4n) is 1.30. The summed E-state index contributed by atoms with van der Waals surface area (Å²) in [6.07, 6.45) is 1.18. The van der Waals surface area contributed by atoms with Gasteiger partial charge < -0.3 is 5.32 Å². The molecule has 0 aliphatic heterocycles. The summed E-state index contributed by atoms with van der Waals surface area (Å²) in [5, 5.41) is 4.66. The maximum atomic E-state index is 6.18. The number of benzene rings is 1. The molecule has 0 amide bonds. The summed E-state index contributed by atoms with van der Waals surface area (Å²) < 4.78 is 0. The predicted molar refractivity (Wildman–Crippen MR) is 69.8 cm³/mol. The molecule has 0 saturated heterocycles. The van der Waals surface area contributed by atoms with Crippen molar-refractivity contribution >= 4 is 23.4 Å². The van der Waals surface area contributed by atoms with Crippen LogP contribution in [0, 0.1) is 0 Å². The Morgan fingerprint density at radius 3 is 2.80 bits per heavy atom. The monoisotopic (exact) mass is 243 g/mol. The zero-order valence-electron chi connectivity index (χ0n) is 9.51. The van der Waals surface area contributed by atoms with E-state index in [1.807, 2.05) is 30.9 Å². The van der Waals surface area contributed by atoms with Crippen molar-refractivity contribution < 1.29 is 0 Å². The Morgan fingerprint density at radius 2 is 2.20 bits per heavy atom. The average Bonchev–Trinajstić information content (AvgIpc) is 2.23. The quantitative estimate of drug-likeness (QED) is 0.786. The van der Waals surface area contributed by atoms with Gasteiger partial charge in [-0.25, -0.2) is 0 Å². The molecule has 1 atom stereocenters. The Labute approximate surface area is 102 Å². The second kappa shape index (κ2) is 6.41. The number of hydrogen-bond donors (Lipinski definition) is 1. The lowest BCUT2D eigenvalue weighted by molar-refractivity contribution is 0.802. The van der Waals surface area contributed by atoms with Crippen molar-refractivity contribution in [3.63, 3.8) is 0 Å². The van der Waals surface area contributed by atoms with Crippen LogP contribution in [0.3, 0.4) is 0 Å². The van der Waals surface area contributed by atoms with Gasteiger partial charge in [-0.15, -0.1) is 11.8 Å². The number of halogens is 1. The van der Waals surface area contributed by atoms with Gasteiger partial charge in [-0.3, -0.25) is 0 Å². The van der Waals surface area contributed by atoms with E-state index in [0.717, 1.165) is 11.6 Å². The highest BCUT2D eigenvalue weighted by Gasteiger charge is 2.09. The highest BCUT2D eigenvalue weighted by atomic mass is 35.5. The summed E-state index contributed by atoms with van der Waals surface area (Å²) in [7, 11) is 1.95. The van der Waals surface area contributed by atoms with Gasteiger partial charge in [0.15, 0.2) is 0 Å². The van der Waals surface area contributed by atoms with Crippen LogP contribution in [0.4, 0.5) is 0 Å². The molecule has 1 rings (SSSR count). The molecule has 0 aromatic heterocycles. The molecule has 1 aromatic carbocycles. The third-order valence-corrected chi connectivity index (χ3v) is 4.06. The van der Waals surface area contributed by atoms with Gasteiger partial charge in [0.1, 0.15) is 0 Å². The summed E-state index contributed by atoms with van der Waals surface area (Å²) >= 11 is 8.08. The van der Waals surface area contributed by atoms with E-state index in [4.69, 9.17) is 11.6 Å². The highest BCUT2D eigenvalue weighted by molar-refractivity contribution is 8.00. The lowest BCUT2D eigenvalue weighted by Gasteiger charge is -2.13. The Hall–Kier alpha value is -0.180. The average molecular weight is 244 g/mol. The van der Waals surface area contributed by atoms with Crippen molar-refractivity contribution in [1.82, 2.24) is 5.32 Å². The molecule has 0 radical (unpaired) electrons. The van der Waals surface area contributed by atoms with E-state index >= 15 is 0 Å². The third-order valence-electron chi connectivity index (χ3n) is 2.33. The smallest absolute Gasteiger partial charge is 0.0462 e. The van der Waals surface area contributed by atoms with E-state index in [-0.39, 0.29) is 0 Å². The van der Waals surface area contributed by atoms with Gasteiger partial charge >= 0.3 is 0 Å². The maximum absolute atomic E-state index is 6.18. The first-order chi connectivity index (χ1) is 7.19. The first-order valence-corrected chi connectivity index (χ1v) is 6.53. The Morgan fingerprint density at radius 1 is 1.47 bits per heavy atom. The van der Waals surface area contributed by atoms with Crippen LogP contribution < -0.4 is 5.32 Å². The molecule has 0 fully saturated rings. The second-order valence-corrected chi connectivity index (χ2v) is 5.47. The topological polar surface area (TPSA) is 12.0 Å². The van der Waals surface area contributed by atoms with Crippen LogP contribution in [0.15, 0.2) is 23.1 Å². The van der Waals surface area contributed by atoms with Crippen molar-refractivity contribution in [2.24, 2.45) is 0 Å². The van der Waals surface area contributed by atoms with Gasteiger partial charge in [-0.05, 0) is 31.2 Å². The van der Waals surface area contributed by atoms with Gasteiger partial charge in [-0.2, -0.15) is 0 Å². The van der Waals surface area contributed by atoms with Crippen molar-refractivity contribution in [3.05, 3.63) is 28.8 Å². The fraction of sp³-hybridized carbons (Fsp3) is 0.500. The van der Waals surface area contributed by atoms with Crippen LogP contribution in [0.25, 0.3) is 0 Å². The van der Waals surface area contributed by atoms with Crippen molar-refractivity contribution in [2.75, 3.05) is 7.05 Å². The molecule has 15 heavy (non-hydrogen) atoms. The largest absolute Gasteiger partial charge is 0.316 e. The first kappa shape index (κ1) is 12.9. The molecule has 1 nitrogen and oxygen atoms in total. The molecule has 1 aromatic rings. The minimum absolute atomic E-state index is 0.638. The van der Waals surface area contributed by atoms with Crippen LogP contribution in [-0.2, 0) is 6.54 Å². The summed E-state index contributed by atoms with van der Waals surface area (Å²) in [6, 6.07) is 6.12. The Balaban J connectivity index is 2.89. The van der Waals surface area contributed by atoms with E-state index in [1.165, 1.54) is 16.9 Å². The third kappa shape index (κ3) is 3.71.